The summed E-state index contributed by atoms with van der Waals surface area (Å²) in [5.74, 6) is 0.933. The molecule has 2 N–H and O–H groups in total. The van der Waals surface area contributed by atoms with E-state index < -0.39 is 0 Å². The molecule has 1 aromatic heterocycles. The molecule has 0 amide bonds. The smallest absolute Gasteiger partial charge is 0.127 e. The molecule has 0 aliphatic rings. The Morgan fingerprint density at radius 3 is 2.61 bits per heavy atom. The summed E-state index contributed by atoms with van der Waals surface area (Å²) < 4.78 is 2.17. The van der Waals surface area contributed by atoms with Gasteiger partial charge in [-0.15, -0.1) is 0 Å². The Balaban J connectivity index is 2.64. The van der Waals surface area contributed by atoms with Gasteiger partial charge >= 0.3 is 0 Å². The zero-order chi connectivity index (χ0) is 13.5. The van der Waals surface area contributed by atoms with E-state index in [1.54, 1.807) is 0 Å². The topological polar surface area (TPSA) is 43.8 Å². The van der Waals surface area contributed by atoms with Crippen molar-refractivity contribution in [3.63, 3.8) is 0 Å². The second kappa shape index (κ2) is 4.56. The van der Waals surface area contributed by atoms with Crippen LogP contribution in [-0.2, 0) is 6.54 Å². The molecule has 3 nitrogen and oxygen atoms in total. The Hall–Kier alpha value is -1.06. The number of nitrogens with two attached hydrogens (primary N) is 1. The normalized spacial score (nSPS) is 14.1. The van der Waals surface area contributed by atoms with Gasteiger partial charge in [-0.1, -0.05) is 32.4 Å². The Morgan fingerprint density at radius 2 is 2.06 bits per heavy atom. The van der Waals surface area contributed by atoms with Crippen molar-refractivity contribution in [1.29, 1.82) is 0 Å². The van der Waals surface area contributed by atoms with E-state index in [0.717, 1.165) is 23.4 Å². The summed E-state index contributed by atoms with van der Waals surface area (Å²) >= 11 is 6.01. The number of aromatic nitrogens is 2. The van der Waals surface area contributed by atoms with Gasteiger partial charge in [0.15, 0.2) is 0 Å². The summed E-state index contributed by atoms with van der Waals surface area (Å²) in [7, 11) is 0. The van der Waals surface area contributed by atoms with Crippen LogP contribution in [0.1, 0.15) is 39.6 Å². The molecule has 0 saturated heterocycles. The minimum Gasteiger partial charge on any atom is -0.327 e. The molecule has 1 heterocycles. The van der Waals surface area contributed by atoms with Gasteiger partial charge in [-0.05, 0) is 30.5 Å². The van der Waals surface area contributed by atoms with Crippen LogP contribution < -0.4 is 5.73 Å². The monoisotopic (exact) mass is 265 g/mol. The lowest BCUT2D eigenvalue weighted by Crippen LogP contribution is -2.29. The van der Waals surface area contributed by atoms with Gasteiger partial charge in [0.05, 0.1) is 17.1 Å². The fourth-order valence-electron chi connectivity index (χ4n) is 2.08. The van der Waals surface area contributed by atoms with Crippen LogP contribution >= 0.6 is 11.6 Å². The van der Waals surface area contributed by atoms with Crippen LogP contribution in [0.3, 0.4) is 0 Å². The average molecular weight is 266 g/mol. The SMILES string of the molecule is CCn1c(C(N)C(C)(C)C)nc2cc(Cl)ccc21. The molecular weight excluding hydrogens is 246 g/mol. The average Bonchev–Trinajstić information content (AvgIpc) is 2.63. The summed E-state index contributed by atoms with van der Waals surface area (Å²) in [6.45, 7) is 9.35. The molecule has 1 atom stereocenters. The Kier molecular flexibility index (Phi) is 3.39. The fraction of sp³-hybridized carbons (Fsp3) is 0.500. The lowest BCUT2D eigenvalue weighted by molar-refractivity contribution is 0.309. The van der Waals surface area contributed by atoms with Crippen molar-refractivity contribution < 1.29 is 0 Å². The summed E-state index contributed by atoms with van der Waals surface area (Å²) in [4.78, 5) is 4.66. The summed E-state index contributed by atoms with van der Waals surface area (Å²) in [6, 6.07) is 5.70. The zero-order valence-electron chi connectivity index (χ0n) is 11.4. The van der Waals surface area contributed by atoms with Crippen molar-refractivity contribution in [3.05, 3.63) is 29.0 Å². The van der Waals surface area contributed by atoms with Gasteiger partial charge in [-0.25, -0.2) is 4.98 Å². The molecule has 98 valence electrons. The van der Waals surface area contributed by atoms with E-state index in [1.165, 1.54) is 0 Å². The largest absolute Gasteiger partial charge is 0.327 e. The highest BCUT2D eigenvalue weighted by molar-refractivity contribution is 6.31. The fourth-order valence-corrected chi connectivity index (χ4v) is 2.24. The number of halogens is 1. The molecule has 4 heteroatoms. The van der Waals surface area contributed by atoms with Crippen molar-refractivity contribution >= 4 is 22.6 Å². The first-order valence-electron chi connectivity index (χ1n) is 6.26. The van der Waals surface area contributed by atoms with E-state index in [1.807, 2.05) is 18.2 Å². The van der Waals surface area contributed by atoms with Gasteiger partial charge in [0.2, 0.25) is 0 Å². The number of nitrogens with zero attached hydrogens (tertiary/aromatic N) is 2. The van der Waals surface area contributed by atoms with Crippen molar-refractivity contribution in [1.82, 2.24) is 9.55 Å². The quantitative estimate of drug-likeness (QED) is 0.899. The summed E-state index contributed by atoms with van der Waals surface area (Å²) in [5, 5.41) is 0.708. The van der Waals surface area contributed by atoms with Crippen molar-refractivity contribution in [2.75, 3.05) is 0 Å². The predicted octanol–water partition coefficient (Wildman–Crippen LogP) is 3.76. The number of imidazole rings is 1. The van der Waals surface area contributed by atoms with Gasteiger partial charge in [0.25, 0.3) is 0 Å². The van der Waals surface area contributed by atoms with Crippen LogP contribution in [0, 0.1) is 5.41 Å². The predicted molar refractivity (Wildman–Crippen MR) is 76.8 cm³/mol. The highest BCUT2D eigenvalue weighted by Crippen LogP contribution is 2.32. The van der Waals surface area contributed by atoms with Crippen LogP contribution in [-0.4, -0.2) is 9.55 Å². The maximum absolute atomic E-state index is 6.33. The number of benzene rings is 1. The lowest BCUT2D eigenvalue weighted by Gasteiger charge is -2.26. The molecule has 0 saturated carbocycles. The molecule has 0 radical (unpaired) electrons. The molecule has 0 aliphatic heterocycles. The molecule has 1 unspecified atom stereocenters. The van der Waals surface area contributed by atoms with Gasteiger partial charge in [0, 0.05) is 11.6 Å². The van der Waals surface area contributed by atoms with Gasteiger partial charge < -0.3 is 10.3 Å². The van der Waals surface area contributed by atoms with Gasteiger partial charge in [0.1, 0.15) is 5.82 Å². The maximum Gasteiger partial charge on any atom is 0.127 e. The van der Waals surface area contributed by atoms with E-state index in [-0.39, 0.29) is 11.5 Å². The van der Waals surface area contributed by atoms with Crippen molar-refractivity contribution in [2.24, 2.45) is 11.1 Å². The van der Waals surface area contributed by atoms with Crippen molar-refractivity contribution in [2.45, 2.75) is 40.3 Å². The Morgan fingerprint density at radius 1 is 1.39 bits per heavy atom. The number of aryl methyl sites for hydroxylation is 1. The van der Waals surface area contributed by atoms with E-state index in [9.17, 15) is 0 Å². The molecule has 0 aliphatic carbocycles. The number of hydrogen-bond donors (Lipinski definition) is 1. The van der Waals surface area contributed by atoms with Gasteiger partial charge in [-0.3, -0.25) is 0 Å². The first-order chi connectivity index (χ1) is 8.34. The van der Waals surface area contributed by atoms with E-state index in [4.69, 9.17) is 17.3 Å². The molecule has 0 bridgehead atoms. The molecule has 0 spiro atoms. The third-order valence-corrected chi connectivity index (χ3v) is 3.50. The molecule has 0 fully saturated rings. The van der Waals surface area contributed by atoms with Crippen molar-refractivity contribution in [3.8, 4) is 0 Å². The molecule has 2 aromatic rings. The van der Waals surface area contributed by atoms with Crippen LogP contribution in [0.4, 0.5) is 0 Å². The van der Waals surface area contributed by atoms with Crippen LogP contribution in [0.5, 0.6) is 0 Å². The van der Waals surface area contributed by atoms with Crippen LogP contribution in [0.2, 0.25) is 5.02 Å². The van der Waals surface area contributed by atoms with Gasteiger partial charge in [-0.2, -0.15) is 0 Å². The Labute approximate surface area is 113 Å². The standard InChI is InChI=1S/C14H20ClN3/c1-5-18-11-7-6-9(15)8-10(11)17-13(18)12(16)14(2,3)4/h6-8,12H,5,16H2,1-4H3. The highest BCUT2D eigenvalue weighted by atomic mass is 35.5. The van der Waals surface area contributed by atoms with E-state index in [2.05, 4.69) is 37.2 Å². The molecule has 2 rings (SSSR count). The lowest BCUT2D eigenvalue weighted by atomic mass is 9.87. The number of rotatable bonds is 2. The minimum atomic E-state index is -0.0939. The maximum atomic E-state index is 6.33. The Bertz CT molecular complexity index is 566. The van der Waals surface area contributed by atoms with E-state index >= 15 is 0 Å². The minimum absolute atomic E-state index is 0.0158. The van der Waals surface area contributed by atoms with E-state index in [0.29, 0.717) is 5.02 Å². The first-order valence-corrected chi connectivity index (χ1v) is 6.63. The highest BCUT2D eigenvalue weighted by Gasteiger charge is 2.27. The molecular formula is C14H20ClN3. The third kappa shape index (κ3) is 2.25. The second-order valence-corrected chi connectivity index (χ2v) is 6.13. The second-order valence-electron chi connectivity index (χ2n) is 5.69. The summed E-state index contributed by atoms with van der Waals surface area (Å²) in [5.41, 5.74) is 8.33. The molecule has 1 aromatic carbocycles. The first kappa shape index (κ1) is 13.4. The molecule has 18 heavy (non-hydrogen) atoms. The van der Waals surface area contributed by atoms with Crippen LogP contribution in [0.25, 0.3) is 11.0 Å². The third-order valence-electron chi connectivity index (χ3n) is 3.27. The zero-order valence-corrected chi connectivity index (χ0v) is 12.1. The van der Waals surface area contributed by atoms with Crippen LogP contribution in [0.15, 0.2) is 18.2 Å². The number of fused-ring (bicyclic) bond motifs is 1. The number of hydrogen-bond acceptors (Lipinski definition) is 2. The summed E-state index contributed by atoms with van der Waals surface area (Å²) in [6.07, 6.45) is 0.